The van der Waals surface area contributed by atoms with Crippen LogP contribution in [-0.4, -0.2) is 76.8 Å². The fourth-order valence-corrected chi connectivity index (χ4v) is 4.78. The molecule has 1 aliphatic heterocycles. The van der Waals surface area contributed by atoms with Gasteiger partial charge in [0.1, 0.15) is 17.7 Å². The molecule has 0 saturated carbocycles. The van der Waals surface area contributed by atoms with Gasteiger partial charge < -0.3 is 30.5 Å². The standard InChI is InChI=1S/C31H35FN4O6/c1-19-15-36(20(2)18-37)29(38)26-14-25(34-31(41)33-24-10-8-23(32)9-11-24)12-13-27(26)42-28(19)17-35(3)16-21-4-6-22(7-5-21)30(39)40/h4-14,19-20,28,37H,15-18H2,1-3H3,(H,39,40)(H2,33,34,41)/t19-,20-,28-/m0/s1. The highest BCUT2D eigenvalue weighted by Gasteiger charge is 2.33. The number of halogens is 1. The Hall–Kier alpha value is -4.48. The average molecular weight is 579 g/mol. The van der Waals surface area contributed by atoms with E-state index < -0.39 is 23.9 Å². The maximum atomic E-state index is 13.7. The molecule has 0 bridgehead atoms. The second-order valence-electron chi connectivity index (χ2n) is 10.6. The Balaban J connectivity index is 1.54. The Morgan fingerprint density at radius 3 is 2.36 bits per heavy atom. The lowest BCUT2D eigenvalue weighted by Gasteiger charge is -2.38. The number of hydrogen-bond donors (Lipinski definition) is 4. The molecular weight excluding hydrogens is 543 g/mol. The zero-order valence-corrected chi connectivity index (χ0v) is 23.7. The molecule has 3 aromatic carbocycles. The molecular formula is C31H35FN4O6. The van der Waals surface area contributed by atoms with Crippen LogP contribution in [0.3, 0.4) is 0 Å². The van der Waals surface area contributed by atoms with Gasteiger partial charge in [-0.1, -0.05) is 19.1 Å². The Kier molecular flexibility index (Phi) is 9.76. The van der Waals surface area contributed by atoms with Gasteiger partial charge in [-0.15, -0.1) is 0 Å². The molecule has 0 aromatic heterocycles. The van der Waals surface area contributed by atoms with Gasteiger partial charge in [0.15, 0.2) is 0 Å². The number of aliphatic hydroxyl groups excluding tert-OH is 1. The van der Waals surface area contributed by atoms with Crippen LogP contribution in [0.4, 0.5) is 20.6 Å². The molecule has 0 spiro atoms. The number of nitrogens with zero attached hydrogens (tertiary/aromatic N) is 2. The topological polar surface area (TPSA) is 131 Å². The SMILES string of the molecule is C[C@H]1CN([C@@H](C)CO)C(=O)c2cc(NC(=O)Nc3ccc(F)cc3)ccc2O[C@H]1CN(C)Cc1ccc(C(=O)O)cc1. The number of urea groups is 1. The van der Waals surface area contributed by atoms with Crippen molar-refractivity contribution in [3.05, 3.63) is 89.2 Å². The summed E-state index contributed by atoms with van der Waals surface area (Å²) < 4.78 is 19.6. The number of hydrogen-bond acceptors (Lipinski definition) is 6. The van der Waals surface area contributed by atoms with Crippen molar-refractivity contribution in [3.8, 4) is 5.75 Å². The van der Waals surface area contributed by atoms with E-state index in [1.807, 2.05) is 14.0 Å². The van der Waals surface area contributed by atoms with Gasteiger partial charge in [0.25, 0.3) is 5.91 Å². The van der Waals surface area contributed by atoms with Gasteiger partial charge in [-0.25, -0.2) is 14.0 Å². The molecule has 0 radical (unpaired) electrons. The number of amides is 3. The minimum atomic E-state index is -0.978. The molecule has 0 unspecified atom stereocenters. The summed E-state index contributed by atoms with van der Waals surface area (Å²) in [4.78, 5) is 41.1. The van der Waals surface area contributed by atoms with Crippen LogP contribution in [0.25, 0.3) is 0 Å². The first kappa shape index (κ1) is 30.5. The van der Waals surface area contributed by atoms with E-state index >= 15 is 0 Å². The highest BCUT2D eigenvalue weighted by molar-refractivity contribution is 6.02. The summed E-state index contributed by atoms with van der Waals surface area (Å²) in [5.41, 5.74) is 2.18. The second-order valence-corrected chi connectivity index (χ2v) is 10.6. The number of aromatic carboxylic acids is 1. The first-order chi connectivity index (χ1) is 20.0. The maximum absolute atomic E-state index is 13.7. The molecule has 11 heteroatoms. The second kappa shape index (κ2) is 13.5. The lowest BCUT2D eigenvalue weighted by Crippen LogP contribution is -2.49. The fourth-order valence-electron chi connectivity index (χ4n) is 4.78. The summed E-state index contributed by atoms with van der Waals surface area (Å²) in [6.45, 7) is 4.95. The number of carbonyl (C=O) groups is 3. The number of fused-ring (bicyclic) bond motifs is 1. The lowest BCUT2D eigenvalue weighted by atomic mass is 9.99. The largest absolute Gasteiger partial charge is 0.488 e. The summed E-state index contributed by atoms with van der Waals surface area (Å²) in [7, 11) is 1.94. The molecule has 3 atom stereocenters. The zero-order chi connectivity index (χ0) is 30.4. The molecule has 10 nitrogen and oxygen atoms in total. The normalized spacial score (nSPS) is 17.5. The lowest BCUT2D eigenvalue weighted by molar-refractivity contribution is 0.0341. The van der Waals surface area contributed by atoms with Gasteiger partial charge in [0.2, 0.25) is 0 Å². The number of likely N-dealkylation sites (N-methyl/N-ethyl adjacent to an activating group) is 1. The van der Waals surface area contributed by atoms with E-state index in [4.69, 9.17) is 9.84 Å². The quantitative estimate of drug-likeness (QED) is 0.294. The van der Waals surface area contributed by atoms with Gasteiger partial charge in [-0.3, -0.25) is 9.69 Å². The number of rotatable bonds is 9. The minimum Gasteiger partial charge on any atom is -0.488 e. The van der Waals surface area contributed by atoms with E-state index in [1.165, 1.54) is 24.3 Å². The van der Waals surface area contributed by atoms with Gasteiger partial charge in [0, 0.05) is 36.9 Å². The zero-order valence-electron chi connectivity index (χ0n) is 23.7. The smallest absolute Gasteiger partial charge is 0.335 e. The summed E-state index contributed by atoms with van der Waals surface area (Å²) in [5, 5.41) is 24.4. The number of anilines is 2. The third kappa shape index (κ3) is 7.62. The number of benzene rings is 3. The predicted molar refractivity (Wildman–Crippen MR) is 156 cm³/mol. The molecule has 1 aliphatic rings. The summed E-state index contributed by atoms with van der Waals surface area (Å²) in [6.07, 6.45) is -0.325. The average Bonchev–Trinajstić information content (AvgIpc) is 2.96. The van der Waals surface area contributed by atoms with Crippen LogP contribution in [-0.2, 0) is 6.54 Å². The van der Waals surface area contributed by atoms with Crippen molar-refractivity contribution in [2.45, 2.75) is 32.5 Å². The van der Waals surface area contributed by atoms with Crippen LogP contribution in [0.5, 0.6) is 5.75 Å². The molecule has 222 valence electrons. The summed E-state index contributed by atoms with van der Waals surface area (Å²) in [5.74, 6) is -1.46. The fraction of sp³-hybridized carbons (Fsp3) is 0.323. The van der Waals surface area contributed by atoms with Gasteiger partial charge >= 0.3 is 12.0 Å². The van der Waals surface area contributed by atoms with Crippen LogP contribution in [0, 0.1) is 11.7 Å². The van der Waals surface area contributed by atoms with E-state index in [0.717, 1.165) is 5.56 Å². The van der Waals surface area contributed by atoms with Crippen molar-refractivity contribution < 1.29 is 33.7 Å². The Morgan fingerprint density at radius 2 is 1.71 bits per heavy atom. The van der Waals surface area contributed by atoms with Crippen molar-refractivity contribution in [2.24, 2.45) is 5.92 Å². The van der Waals surface area contributed by atoms with Gasteiger partial charge in [-0.2, -0.15) is 0 Å². The number of carboxylic acid groups (broad SMARTS) is 1. The number of nitrogens with one attached hydrogen (secondary N) is 2. The Morgan fingerprint density at radius 1 is 1.07 bits per heavy atom. The van der Waals surface area contributed by atoms with Crippen LogP contribution in [0.1, 0.15) is 40.1 Å². The molecule has 0 saturated heterocycles. The number of carbonyl (C=O) groups excluding carboxylic acids is 2. The van der Waals surface area contributed by atoms with Gasteiger partial charge in [0.05, 0.1) is 23.8 Å². The molecule has 42 heavy (non-hydrogen) atoms. The minimum absolute atomic E-state index is 0.0905. The summed E-state index contributed by atoms with van der Waals surface area (Å²) >= 11 is 0. The molecule has 0 aliphatic carbocycles. The Bertz CT molecular complexity index is 1420. The Labute approximate surface area is 243 Å². The molecule has 0 fully saturated rings. The number of aliphatic hydroxyl groups is 1. The third-order valence-corrected chi connectivity index (χ3v) is 7.17. The van der Waals surface area contributed by atoms with Crippen molar-refractivity contribution >= 4 is 29.3 Å². The summed E-state index contributed by atoms with van der Waals surface area (Å²) in [6, 6.07) is 15.8. The first-order valence-corrected chi connectivity index (χ1v) is 13.6. The molecule has 1 heterocycles. The van der Waals surface area contributed by atoms with E-state index in [0.29, 0.717) is 36.8 Å². The van der Waals surface area contributed by atoms with Crippen molar-refractivity contribution in [3.63, 3.8) is 0 Å². The van der Waals surface area contributed by atoms with Crippen LogP contribution < -0.4 is 15.4 Å². The van der Waals surface area contributed by atoms with Crippen LogP contribution in [0.15, 0.2) is 66.7 Å². The molecule has 3 aromatic rings. The molecule has 4 N–H and O–H groups in total. The van der Waals surface area contributed by atoms with E-state index in [1.54, 1.807) is 54.3 Å². The molecule has 4 rings (SSSR count). The van der Waals surface area contributed by atoms with Crippen molar-refractivity contribution in [1.29, 1.82) is 0 Å². The van der Waals surface area contributed by atoms with E-state index in [2.05, 4.69) is 15.5 Å². The maximum Gasteiger partial charge on any atom is 0.335 e. The number of ether oxygens (including phenoxy) is 1. The van der Waals surface area contributed by atoms with Crippen LogP contribution in [0.2, 0.25) is 0 Å². The monoisotopic (exact) mass is 578 g/mol. The predicted octanol–water partition coefficient (Wildman–Crippen LogP) is 4.52. The molecule has 3 amide bonds. The first-order valence-electron chi connectivity index (χ1n) is 13.6. The highest BCUT2D eigenvalue weighted by Crippen LogP contribution is 2.31. The third-order valence-electron chi connectivity index (χ3n) is 7.17. The number of carboxylic acids is 1. The van der Waals surface area contributed by atoms with Crippen molar-refractivity contribution in [2.75, 3.05) is 37.4 Å². The highest BCUT2D eigenvalue weighted by atomic mass is 19.1. The van der Waals surface area contributed by atoms with Crippen molar-refractivity contribution in [1.82, 2.24) is 9.80 Å². The van der Waals surface area contributed by atoms with Crippen LogP contribution >= 0.6 is 0 Å². The van der Waals surface area contributed by atoms with E-state index in [9.17, 15) is 23.9 Å². The van der Waals surface area contributed by atoms with Gasteiger partial charge in [-0.05, 0) is 74.1 Å². The van der Waals surface area contributed by atoms with E-state index in [-0.39, 0.29) is 35.7 Å².